The van der Waals surface area contributed by atoms with Gasteiger partial charge in [0.25, 0.3) is 5.91 Å². The number of nitrogens with one attached hydrogen (secondary N) is 1. The molecule has 1 aliphatic rings. The summed E-state index contributed by atoms with van der Waals surface area (Å²) in [5, 5.41) is 2.99. The van der Waals surface area contributed by atoms with Gasteiger partial charge in [0, 0.05) is 11.3 Å². The van der Waals surface area contributed by atoms with Crippen LogP contribution in [0.25, 0.3) is 0 Å². The Morgan fingerprint density at radius 1 is 1.23 bits per heavy atom. The number of benzene rings is 2. The average Bonchev–Trinajstić information content (AvgIpc) is 2.60. The van der Waals surface area contributed by atoms with Crippen LogP contribution in [0.3, 0.4) is 0 Å². The summed E-state index contributed by atoms with van der Waals surface area (Å²) < 4.78 is 5.86. The normalized spacial score (nSPS) is 16.4. The van der Waals surface area contributed by atoms with Crippen LogP contribution in [0.1, 0.15) is 72.7 Å². The number of para-hydroxylation sites is 1. The molecule has 26 heavy (non-hydrogen) atoms. The first-order valence-corrected chi connectivity index (χ1v) is 9.07. The van der Waals surface area contributed by atoms with Crippen molar-refractivity contribution in [2.75, 3.05) is 5.32 Å². The highest BCUT2D eigenvalue weighted by Gasteiger charge is 2.32. The lowest BCUT2D eigenvalue weighted by atomic mass is 9.92. The third-order valence-corrected chi connectivity index (χ3v) is 4.87. The highest BCUT2D eigenvalue weighted by Crippen LogP contribution is 2.34. The predicted molar refractivity (Wildman–Crippen MR) is 103 cm³/mol. The van der Waals surface area contributed by atoms with Gasteiger partial charge < -0.3 is 10.1 Å². The van der Waals surface area contributed by atoms with Gasteiger partial charge in [0.05, 0.1) is 12.0 Å². The molecule has 1 heterocycles. The second-order valence-electron chi connectivity index (χ2n) is 7.52. The van der Waals surface area contributed by atoms with Crippen molar-refractivity contribution in [2.45, 2.75) is 52.1 Å². The second-order valence-corrected chi connectivity index (χ2v) is 7.52. The van der Waals surface area contributed by atoms with Gasteiger partial charge in [-0.1, -0.05) is 32.0 Å². The number of amides is 1. The van der Waals surface area contributed by atoms with E-state index in [0.29, 0.717) is 29.2 Å². The first-order chi connectivity index (χ1) is 12.3. The van der Waals surface area contributed by atoms with Crippen molar-refractivity contribution in [3.05, 3.63) is 59.2 Å². The molecule has 0 saturated heterocycles. The molecule has 0 saturated carbocycles. The van der Waals surface area contributed by atoms with Crippen LogP contribution in [0.5, 0.6) is 5.75 Å². The first kappa shape index (κ1) is 18.2. The van der Waals surface area contributed by atoms with Crippen LogP contribution in [0, 0.1) is 0 Å². The third-order valence-electron chi connectivity index (χ3n) is 4.87. The Labute approximate surface area is 154 Å². The van der Waals surface area contributed by atoms with Gasteiger partial charge in [0.2, 0.25) is 0 Å². The van der Waals surface area contributed by atoms with Crippen molar-refractivity contribution in [1.29, 1.82) is 0 Å². The largest absolute Gasteiger partial charge is 0.487 e. The Bertz CT molecular complexity index is 854. The van der Waals surface area contributed by atoms with E-state index in [0.717, 1.165) is 17.7 Å². The van der Waals surface area contributed by atoms with E-state index >= 15 is 0 Å². The van der Waals surface area contributed by atoms with Crippen molar-refractivity contribution in [2.24, 2.45) is 0 Å². The summed E-state index contributed by atoms with van der Waals surface area (Å²) in [6, 6.07) is 12.9. The molecule has 0 aliphatic carbocycles. The zero-order chi connectivity index (χ0) is 18.9. The van der Waals surface area contributed by atoms with Crippen molar-refractivity contribution in [1.82, 2.24) is 0 Å². The molecule has 1 aliphatic heterocycles. The lowest BCUT2D eigenvalue weighted by molar-refractivity contribution is 0.0620. The number of ether oxygens (including phenoxy) is 1. The highest BCUT2D eigenvalue weighted by molar-refractivity contribution is 6.08. The third kappa shape index (κ3) is 3.64. The topological polar surface area (TPSA) is 55.4 Å². The molecular weight excluding hydrogens is 326 g/mol. The maximum Gasteiger partial charge on any atom is 0.255 e. The number of carbonyl (C=O) groups is 2. The summed E-state index contributed by atoms with van der Waals surface area (Å²) in [5.74, 6) is 0.683. The van der Waals surface area contributed by atoms with Crippen LogP contribution < -0.4 is 10.1 Å². The van der Waals surface area contributed by atoms with Crippen molar-refractivity contribution in [3.8, 4) is 5.75 Å². The minimum absolute atomic E-state index is 0.00547. The Morgan fingerprint density at radius 2 is 1.96 bits per heavy atom. The predicted octanol–water partition coefficient (Wildman–Crippen LogP) is 5.20. The van der Waals surface area contributed by atoms with Gasteiger partial charge in [-0.05, 0) is 56.0 Å². The van der Waals surface area contributed by atoms with Crippen LogP contribution in [-0.2, 0) is 0 Å². The zero-order valence-corrected chi connectivity index (χ0v) is 15.8. The Kier molecular flexibility index (Phi) is 4.86. The standard InChI is InChI=1S/C22H25NO3/c1-5-14(2)16-8-6-7-9-18(16)23-21(25)15-10-11-20-17(12-15)19(24)13-22(3,4)26-20/h6-12,14H,5,13H2,1-4H3,(H,23,25). The molecule has 1 N–H and O–H groups in total. The number of rotatable bonds is 4. The van der Waals surface area contributed by atoms with E-state index in [1.807, 2.05) is 38.1 Å². The monoisotopic (exact) mass is 351 g/mol. The van der Waals surface area contributed by atoms with Gasteiger partial charge >= 0.3 is 0 Å². The van der Waals surface area contributed by atoms with Gasteiger partial charge in [-0.25, -0.2) is 0 Å². The van der Waals surface area contributed by atoms with Crippen LogP contribution >= 0.6 is 0 Å². The fraction of sp³-hybridized carbons (Fsp3) is 0.364. The van der Waals surface area contributed by atoms with Gasteiger partial charge in [-0.15, -0.1) is 0 Å². The molecule has 0 radical (unpaired) electrons. The maximum absolute atomic E-state index is 12.7. The molecule has 1 unspecified atom stereocenters. The van der Waals surface area contributed by atoms with Gasteiger partial charge in [-0.2, -0.15) is 0 Å². The number of carbonyl (C=O) groups excluding carboxylic acids is 2. The first-order valence-electron chi connectivity index (χ1n) is 9.07. The molecule has 0 bridgehead atoms. The van der Waals surface area contributed by atoms with Gasteiger partial charge in [-0.3, -0.25) is 9.59 Å². The quantitative estimate of drug-likeness (QED) is 0.824. The zero-order valence-electron chi connectivity index (χ0n) is 15.8. The molecule has 0 aromatic heterocycles. The summed E-state index contributed by atoms with van der Waals surface area (Å²) in [4.78, 5) is 25.1. The van der Waals surface area contributed by atoms with E-state index < -0.39 is 5.60 Å². The van der Waals surface area contributed by atoms with Crippen LogP contribution in [0.15, 0.2) is 42.5 Å². The minimum Gasteiger partial charge on any atom is -0.487 e. The van der Waals surface area contributed by atoms with E-state index in [1.165, 1.54) is 0 Å². The molecule has 3 rings (SSSR count). The molecule has 1 amide bonds. The Morgan fingerprint density at radius 3 is 2.69 bits per heavy atom. The molecule has 4 heteroatoms. The molecule has 2 aromatic rings. The fourth-order valence-electron chi connectivity index (χ4n) is 3.25. The van der Waals surface area contributed by atoms with Gasteiger partial charge in [0.15, 0.2) is 5.78 Å². The second kappa shape index (κ2) is 6.94. The van der Waals surface area contributed by atoms with Crippen molar-refractivity contribution < 1.29 is 14.3 Å². The van der Waals surface area contributed by atoms with E-state index in [4.69, 9.17) is 4.74 Å². The summed E-state index contributed by atoms with van der Waals surface area (Å²) in [6.45, 7) is 8.04. The van der Waals surface area contributed by atoms with E-state index in [1.54, 1.807) is 18.2 Å². The van der Waals surface area contributed by atoms with Crippen molar-refractivity contribution in [3.63, 3.8) is 0 Å². The Balaban J connectivity index is 1.87. The smallest absolute Gasteiger partial charge is 0.255 e. The molecule has 1 atom stereocenters. The number of hydrogen-bond acceptors (Lipinski definition) is 3. The van der Waals surface area contributed by atoms with Gasteiger partial charge in [0.1, 0.15) is 11.4 Å². The average molecular weight is 351 g/mol. The van der Waals surface area contributed by atoms with Crippen molar-refractivity contribution >= 4 is 17.4 Å². The Hall–Kier alpha value is -2.62. The fourth-order valence-corrected chi connectivity index (χ4v) is 3.25. The summed E-state index contributed by atoms with van der Waals surface area (Å²) in [5.41, 5.74) is 2.35. The number of fused-ring (bicyclic) bond motifs is 1. The maximum atomic E-state index is 12.7. The molecule has 0 fully saturated rings. The van der Waals surface area contributed by atoms with Crippen LogP contribution in [0.2, 0.25) is 0 Å². The SMILES string of the molecule is CCC(C)c1ccccc1NC(=O)c1ccc2c(c1)C(=O)CC(C)(C)O2. The van der Waals surface area contributed by atoms with Crippen LogP contribution in [0.4, 0.5) is 5.69 Å². The van der Waals surface area contributed by atoms with Crippen LogP contribution in [-0.4, -0.2) is 17.3 Å². The molecule has 0 spiro atoms. The molecule has 136 valence electrons. The number of Topliss-reactive ketones (excluding diaryl/α,β-unsaturated/α-hetero) is 1. The lowest BCUT2D eigenvalue weighted by Crippen LogP contribution is -2.36. The van der Waals surface area contributed by atoms with E-state index in [2.05, 4.69) is 19.2 Å². The molecule has 4 nitrogen and oxygen atoms in total. The number of anilines is 1. The minimum atomic E-state index is -0.511. The highest BCUT2D eigenvalue weighted by atomic mass is 16.5. The summed E-state index contributed by atoms with van der Waals surface area (Å²) >= 11 is 0. The van der Waals surface area contributed by atoms with E-state index in [9.17, 15) is 9.59 Å². The summed E-state index contributed by atoms with van der Waals surface area (Å²) in [7, 11) is 0. The lowest BCUT2D eigenvalue weighted by Gasteiger charge is -2.31. The number of ketones is 1. The molecule has 2 aromatic carbocycles. The molecular formula is C22H25NO3. The summed E-state index contributed by atoms with van der Waals surface area (Å²) in [6.07, 6.45) is 1.30. The number of hydrogen-bond donors (Lipinski definition) is 1. The van der Waals surface area contributed by atoms with E-state index in [-0.39, 0.29) is 11.7 Å².